The molecule has 0 aliphatic heterocycles. The molecule has 0 aliphatic carbocycles. The summed E-state index contributed by atoms with van der Waals surface area (Å²) in [6.45, 7) is 2.07. The Balaban J connectivity index is 2.23. The highest BCUT2D eigenvalue weighted by Gasteiger charge is 2.23. The van der Waals surface area contributed by atoms with Crippen molar-refractivity contribution in [2.45, 2.75) is 19.5 Å². The lowest BCUT2D eigenvalue weighted by Gasteiger charge is -2.18. The van der Waals surface area contributed by atoms with E-state index in [-0.39, 0.29) is 24.5 Å². The molecule has 138 valence electrons. The molecule has 1 unspecified atom stereocenters. The smallest absolute Gasteiger partial charge is 0.335 e. The largest absolute Gasteiger partial charge is 0.494 e. The highest BCUT2D eigenvalue weighted by Crippen LogP contribution is 2.23. The highest BCUT2D eigenvalue weighted by atomic mass is 19.1. The lowest BCUT2D eigenvalue weighted by molar-refractivity contribution is -0.145. The number of rotatable bonds is 8. The number of carbonyl (C=O) groups is 2. The first kappa shape index (κ1) is 19.4. The average Bonchev–Trinajstić information content (AvgIpc) is 2.62. The number of halogens is 1. The van der Waals surface area contributed by atoms with Gasteiger partial charge >= 0.3 is 11.9 Å². The number of hydrogen-bond acceptors (Lipinski definition) is 5. The van der Waals surface area contributed by atoms with E-state index in [0.29, 0.717) is 11.1 Å². The van der Waals surface area contributed by atoms with Crippen molar-refractivity contribution in [3.63, 3.8) is 0 Å². The molecular formula is C19H20FNO5. The van der Waals surface area contributed by atoms with Crippen molar-refractivity contribution in [3.8, 4) is 5.75 Å². The van der Waals surface area contributed by atoms with E-state index in [1.165, 1.54) is 31.4 Å². The van der Waals surface area contributed by atoms with E-state index in [1.54, 1.807) is 25.1 Å². The molecule has 0 bridgehead atoms. The third-order valence-electron chi connectivity index (χ3n) is 3.72. The molecule has 0 saturated heterocycles. The molecule has 2 aromatic carbocycles. The molecule has 0 heterocycles. The number of carboxylic acids is 1. The maximum atomic E-state index is 14.0. The van der Waals surface area contributed by atoms with Crippen LogP contribution >= 0.6 is 0 Å². The molecule has 0 aliphatic rings. The van der Waals surface area contributed by atoms with E-state index >= 15 is 0 Å². The van der Waals surface area contributed by atoms with Crippen LogP contribution in [0, 0.1) is 5.82 Å². The summed E-state index contributed by atoms with van der Waals surface area (Å²) in [7, 11) is 1.36. The van der Waals surface area contributed by atoms with E-state index in [4.69, 9.17) is 14.6 Å². The van der Waals surface area contributed by atoms with Gasteiger partial charge in [0.15, 0.2) is 11.6 Å². The van der Waals surface area contributed by atoms with Gasteiger partial charge in [-0.1, -0.05) is 18.2 Å². The Morgan fingerprint density at radius 1 is 1.23 bits per heavy atom. The molecule has 6 nitrogen and oxygen atoms in total. The van der Waals surface area contributed by atoms with Crippen molar-refractivity contribution >= 4 is 11.9 Å². The lowest BCUT2D eigenvalue weighted by Crippen LogP contribution is -2.30. The van der Waals surface area contributed by atoms with Crippen LogP contribution in [0.2, 0.25) is 0 Å². The summed E-state index contributed by atoms with van der Waals surface area (Å²) in [5, 5.41) is 12.0. The van der Waals surface area contributed by atoms with Crippen LogP contribution in [0.3, 0.4) is 0 Å². The molecule has 0 saturated carbocycles. The van der Waals surface area contributed by atoms with Crippen molar-refractivity contribution in [1.82, 2.24) is 5.32 Å². The van der Waals surface area contributed by atoms with Gasteiger partial charge in [0.1, 0.15) is 6.04 Å². The zero-order valence-electron chi connectivity index (χ0n) is 14.5. The first-order valence-corrected chi connectivity index (χ1v) is 8.02. The van der Waals surface area contributed by atoms with Gasteiger partial charge in [-0.25, -0.2) is 14.0 Å². The molecule has 0 spiro atoms. The SMILES string of the molecule is CCOC(=O)C(NCc1cccc(C(=O)O)c1)c1ccc(OC)c(F)c1. The average molecular weight is 361 g/mol. The monoisotopic (exact) mass is 361 g/mol. The number of methoxy groups -OCH3 is 1. The molecule has 2 aromatic rings. The minimum atomic E-state index is -1.04. The van der Waals surface area contributed by atoms with Gasteiger partial charge in [0.05, 0.1) is 19.3 Å². The number of nitrogens with one attached hydrogen (secondary N) is 1. The lowest BCUT2D eigenvalue weighted by atomic mass is 10.1. The van der Waals surface area contributed by atoms with Gasteiger partial charge in [0, 0.05) is 6.54 Å². The number of aromatic carboxylic acids is 1. The third-order valence-corrected chi connectivity index (χ3v) is 3.72. The zero-order chi connectivity index (χ0) is 19.1. The van der Waals surface area contributed by atoms with Crippen LogP contribution in [0.15, 0.2) is 42.5 Å². The molecule has 26 heavy (non-hydrogen) atoms. The summed E-state index contributed by atoms with van der Waals surface area (Å²) in [5.41, 5.74) is 1.21. The Kier molecular flexibility index (Phi) is 6.68. The van der Waals surface area contributed by atoms with Crippen molar-refractivity contribution in [2.24, 2.45) is 0 Å². The Morgan fingerprint density at radius 2 is 2.00 bits per heavy atom. The standard InChI is InChI=1S/C19H20FNO5/c1-3-26-19(24)17(13-7-8-16(25-2)15(20)10-13)21-11-12-5-4-6-14(9-12)18(22)23/h4-10,17,21H,3,11H2,1-2H3,(H,22,23). The summed E-state index contributed by atoms with van der Waals surface area (Å²) < 4.78 is 23.9. The fraction of sp³-hybridized carbons (Fsp3) is 0.263. The minimum absolute atomic E-state index is 0.0746. The van der Waals surface area contributed by atoms with Crippen LogP contribution in [0.1, 0.15) is 34.5 Å². The second-order valence-corrected chi connectivity index (χ2v) is 5.47. The predicted molar refractivity (Wildman–Crippen MR) is 92.6 cm³/mol. The van der Waals surface area contributed by atoms with E-state index in [1.807, 2.05) is 0 Å². The number of carbonyl (C=O) groups excluding carboxylic acids is 1. The summed E-state index contributed by atoms with van der Waals surface area (Å²) in [4.78, 5) is 23.3. The number of esters is 1. The maximum Gasteiger partial charge on any atom is 0.335 e. The van der Waals surface area contributed by atoms with Crippen molar-refractivity contribution in [1.29, 1.82) is 0 Å². The van der Waals surface area contributed by atoms with Gasteiger partial charge in [-0.05, 0) is 42.3 Å². The quantitative estimate of drug-likeness (QED) is 0.703. The fourth-order valence-corrected chi connectivity index (χ4v) is 2.46. The summed E-state index contributed by atoms with van der Waals surface area (Å²) in [6.07, 6.45) is 0. The van der Waals surface area contributed by atoms with Crippen LogP contribution in [0.4, 0.5) is 4.39 Å². The molecule has 0 fully saturated rings. The summed E-state index contributed by atoms with van der Waals surface area (Å²) in [6, 6.07) is 9.65. The van der Waals surface area contributed by atoms with Gasteiger partial charge in [-0.15, -0.1) is 0 Å². The van der Waals surface area contributed by atoms with Gasteiger partial charge < -0.3 is 14.6 Å². The highest BCUT2D eigenvalue weighted by molar-refractivity contribution is 5.87. The summed E-state index contributed by atoms with van der Waals surface area (Å²) in [5.74, 6) is -2.10. The molecule has 2 N–H and O–H groups in total. The first-order valence-electron chi connectivity index (χ1n) is 8.02. The van der Waals surface area contributed by atoms with Gasteiger partial charge in [-0.3, -0.25) is 5.32 Å². The Morgan fingerprint density at radius 3 is 2.62 bits per heavy atom. The number of carboxylic acid groups (broad SMARTS) is 1. The fourth-order valence-electron chi connectivity index (χ4n) is 2.46. The number of hydrogen-bond donors (Lipinski definition) is 2. The normalized spacial score (nSPS) is 11.7. The van der Waals surface area contributed by atoms with Crippen LogP contribution in [-0.4, -0.2) is 30.8 Å². The van der Waals surface area contributed by atoms with E-state index in [2.05, 4.69) is 5.32 Å². The second kappa shape index (κ2) is 8.96. The number of ether oxygens (including phenoxy) is 2. The summed E-state index contributed by atoms with van der Waals surface area (Å²) >= 11 is 0. The van der Waals surface area contributed by atoms with Crippen LogP contribution < -0.4 is 10.1 Å². The van der Waals surface area contributed by atoms with Crippen molar-refractivity contribution in [3.05, 3.63) is 65.0 Å². The Labute approximate surface area is 150 Å². The van der Waals surface area contributed by atoms with Crippen molar-refractivity contribution < 1.29 is 28.6 Å². The Hall–Kier alpha value is -2.93. The van der Waals surface area contributed by atoms with Gasteiger partial charge in [0.25, 0.3) is 0 Å². The molecule has 0 radical (unpaired) electrons. The molecule has 0 aromatic heterocycles. The molecular weight excluding hydrogens is 341 g/mol. The molecule has 2 rings (SSSR count). The second-order valence-electron chi connectivity index (χ2n) is 5.47. The Bertz CT molecular complexity index is 793. The zero-order valence-corrected chi connectivity index (χ0v) is 14.5. The molecule has 0 amide bonds. The topological polar surface area (TPSA) is 84.9 Å². The number of benzene rings is 2. The minimum Gasteiger partial charge on any atom is -0.494 e. The first-order chi connectivity index (χ1) is 12.5. The van der Waals surface area contributed by atoms with Crippen molar-refractivity contribution in [2.75, 3.05) is 13.7 Å². The van der Waals surface area contributed by atoms with Gasteiger partial charge in [0.2, 0.25) is 0 Å². The molecule has 1 atom stereocenters. The van der Waals surface area contributed by atoms with Crippen LogP contribution in [0.5, 0.6) is 5.75 Å². The maximum absolute atomic E-state index is 14.0. The molecule has 7 heteroatoms. The third kappa shape index (κ3) is 4.80. The van der Waals surface area contributed by atoms with E-state index < -0.39 is 23.8 Å². The van der Waals surface area contributed by atoms with Gasteiger partial charge in [-0.2, -0.15) is 0 Å². The van der Waals surface area contributed by atoms with Crippen LogP contribution in [-0.2, 0) is 16.1 Å². The predicted octanol–water partition coefficient (Wildman–Crippen LogP) is 2.93. The van der Waals surface area contributed by atoms with Crippen LogP contribution in [0.25, 0.3) is 0 Å². The van der Waals surface area contributed by atoms with E-state index in [9.17, 15) is 14.0 Å². The van der Waals surface area contributed by atoms with E-state index in [0.717, 1.165) is 0 Å².